The number of unbranched alkanes of at least 4 members (excludes halogenated alkanes) is 3. The minimum absolute atomic E-state index is 0.00532. The summed E-state index contributed by atoms with van der Waals surface area (Å²) >= 11 is 8.05. The lowest BCUT2D eigenvalue weighted by atomic mass is 9.85. The molecule has 74 heavy (non-hydrogen) atoms. The van der Waals surface area contributed by atoms with Gasteiger partial charge in [0, 0.05) is 68.5 Å². The molecule has 0 radical (unpaired) electrons. The van der Waals surface area contributed by atoms with Crippen LogP contribution in [0.1, 0.15) is 89.8 Å². The van der Waals surface area contributed by atoms with E-state index in [0.717, 1.165) is 66.2 Å². The van der Waals surface area contributed by atoms with Gasteiger partial charge >= 0.3 is 0 Å². The van der Waals surface area contributed by atoms with Crippen LogP contribution in [-0.2, 0) is 30.3 Å². The first kappa shape index (κ1) is 55.7. The Morgan fingerprint density at radius 1 is 0.919 bits per heavy atom. The Hall–Kier alpha value is -6.07. The van der Waals surface area contributed by atoms with E-state index in [1.165, 1.54) is 11.1 Å². The number of para-hydroxylation sites is 1. The molecule has 4 amide bonds. The number of halogens is 1. The maximum absolute atomic E-state index is 14.1. The summed E-state index contributed by atoms with van der Waals surface area (Å²) in [4.78, 5) is 71.8. The molecule has 0 bridgehead atoms. The number of anilines is 5. The molecule has 0 saturated carbocycles. The summed E-state index contributed by atoms with van der Waals surface area (Å²) in [5, 5.41) is 27.2. The van der Waals surface area contributed by atoms with Gasteiger partial charge in [0.1, 0.15) is 30.0 Å². The SMILES string of the molecule is COc1cc(N2CCC(NC(=O)CCCCCCC(=O)NC(C(=O)N3CC(O)CC3C(=O)NCc3ccc(-c4scnc4C)cc3)C(C)(C)C)CC2)ccc1Nc1ncc(Cl)c(Nc2ccccc2P(C)(C)=O)n1. The summed E-state index contributed by atoms with van der Waals surface area (Å²) in [5.41, 5.74) is 6.39. The third-order valence-electron chi connectivity index (χ3n) is 13.4. The Morgan fingerprint density at radius 2 is 1.62 bits per heavy atom. The number of carbonyl (C=O) groups excluding carboxylic acids is 4. The molecule has 0 aliphatic carbocycles. The zero-order valence-electron chi connectivity index (χ0n) is 43.4. The first-order valence-electron chi connectivity index (χ1n) is 25.3. The molecule has 2 aromatic heterocycles. The van der Waals surface area contributed by atoms with Crippen LogP contribution in [0.4, 0.5) is 28.8 Å². The highest BCUT2D eigenvalue weighted by molar-refractivity contribution is 7.70. The number of amides is 4. The van der Waals surface area contributed by atoms with Gasteiger partial charge in [0.05, 0.1) is 46.9 Å². The van der Waals surface area contributed by atoms with Gasteiger partial charge in [0.15, 0.2) is 5.82 Å². The van der Waals surface area contributed by atoms with Crippen molar-refractivity contribution in [1.29, 1.82) is 0 Å². The monoisotopic (exact) mass is 1070 g/mol. The Bertz CT molecular complexity index is 2810. The molecule has 4 heterocycles. The van der Waals surface area contributed by atoms with E-state index >= 15 is 0 Å². The van der Waals surface area contributed by atoms with Crippen molar-refractivity contribution >= 4 is 87.8 Å². The van der Waals surface area contributed by atoms with Crippen LogP contribution in [0.25, 0.3) is 10.4 Å². The standard InChI is InChI=1S/C54H70ClN10O7PS/c1-34-48(74-33-58-34)36-20-18-35(19-21-36)30-56-51(69)43-29-39(66)32-65(43)52(70)49(54(2,3)4)62-47(68)17-11-9-8-10-16-46(67)59-37-24-26-64(27-25-37)38-22-23-41(44(28-38)72-5)61-53-57-31-40(55)50(63-53)60-42-14-12-13-15-45(42)73(6,7)71/h12-15,18-23,28,31,33,37,39,43,49,66H,8-11,16-17,24-27,29-30,32H2,1-7H3,(H,56,69)(H,59,67)(H,62,68)(H2,57,60,61,63). The summed E-state index contributed by atoms with van der Waals surface area (Å²) in [6.45, 7) is 12.8. The van der Waals surface area contributed by atoms with Crippen molar-refractivity contribution in [1.82, 2.24) is 35.8 Å². The minimum Gasteiger partial charge on any atom is -0.494 e. The number of aliphatic hydroxyl groups excluding tert-OH is 1. The lowest BCUT2D eigenvalue weighted by Crippen LogP contribution is -2.57. The molecule has 3 unspecified atom stereocenters. The van der Waals surface area contributed by atoms with Gasteiger partial charge in [-0.15, -0.1) is 11.3 Å². The third kappa shape index (κ3) is 14.8. The van der Waals surface area contributed by atoms with Crippen LogP contribution in [0.2, 0.25) is 5.02 Å². The quantitative estimate of drug-likeness (QED) is 0.0300. The number of nitrogens with one attached hydrogen (secondary N) is 5. The second-order valence-electron chi connectivity index (χ2n) is 20.6. The number of aromatic nitrogens is 3. The van der Waals surface area contributed by atoms with E-state index in [4.69, 9.17) is 16.3 Å². The molecule has 2 aliphatic heterocycles. The van der Waals surface area contributed by atoms with Crippen LogP contribution in [0.15, 0.2) is 78.4 Å². The molecule has 2 aliphatic rings. The number of benzene rings is 3. The summed E-state index contributed by atoms with van der Waals surface area (Å²) in [6, 6.07) is 19.5. The van der Waals surface area contributed by atoms with E-state index in [9.17, 15) is 28.8 Å². The van der Waals surface area contributed by atoms with Crippen LogP contribution < -0.4 is 41.5 Å². The fraction of sp³-hybridized carbons (Fsp3) is 0.463. The van der Waals surface area contributed by atoms with Gasteiger partial charge in [0.2, 0.25) is 29.6 Å². The Kier molecular flexibility index (Phi) is 18.8. The second-order valence-corrected chi connectivity index (χ2v) is 25.0. The number of ether oxygens (including phenoxy) is 1. The molecular weight excluding hydrogens is 999 g/mol. The van der Waals surface area contributed by atoms with Crippen molar-refractivity contribution in [2.45, 2.75) is 116 Å². The van der Waals surface area contributed by atoms with Crippen molar-refractivity contribution in [3.8, 4) is 16.2 Å². The lowest BCUT2D eigenvalue weighted by molar-refractivity contribution is -0.144. The van der Waals surface area contributed by atoms with Gasteiger partial charge < -0.3 is 50.8 Å². The van der Waals surface area contributed by atoms with Gasteiger partial charge in [-0.2, -0.15) is 4.98 Å². The van der Waals surface area contributed by atoms with Gasteiger partial charge in [-0.1, -0.05) is 81.6 Å². The molecule has 2 fully saturated rings. The first-order valence-corrected chi connectivity index (χ1v) is 29.1. The number of methoxy groups -OCH3 is 1. The van der Waals surface area contributed by atoms with E-state index in [1.54, 1.807) is 31.8 Å². The van der Waals surface area contributed by atoms with Crippen molar-refractivity contribution in [3.05, 3.63) is 94.7 Å². The van der Waals surface area contributed by atoms with Crippen molar-refractivity contribution in [3.63, 3.8) is 0 Å². The number of likely N-dealkylation sites (tertiary alicyclic amines) is 1. The van der Waals surface area contributed by atoms with E-state index in [-0.39, 0.29) is 49.7 Å². The summed E-state index contributed by atoms with van der Waals surface area (Å²) in [6.07, 6.45) is 5.79. The average molecular weight is 1070 g/mol. The van der Waals surface area contributed by atoms with E-state index in [0.29, 0.717) is 58.5 Å². The van der Waals surface area contributed by atoms with Crippen LogP contribution >= 0.6 is 30.1 Å². The van der Waals surface area contributed by atoms with Crippen LogP contribution in [-0.4, -0.2) is 113 Å². The Balaban J connectivity index is 0.802. The number of β-amino-alcohol motifs (C(OH)–C–C–N with tert-alkyl or cyclic N) is 1. The van der Waals surface area contributed by atoms with E-state index in [1.807, 2.05) is 99.9 Å². The number of piperidine rings is 1. The Morgan fingerprint density at radius 3 is 2.28 bits per heavy atom. The van der Waals surface area contributed by atoms with Crippen molar-refractivity contribution in [2.24, 2.45) is 5.41 Å². The summed E-state index contributed by atoms with van der Waals surface area (Å²) in [5.74, 6) is 0.281. The number of rotatable bonds is 21. The largest absolute Gasteiger partial charge is 0.494 e. The molecule has 6 N–H and O–H groups in total. The van der Waals surface area contributed by atoms with Gasteiger partial charge in [-0.05, 0) is 86.7 Å². The molecule has 396 valence electrons. The van der Waals surface area contributed by atoms with Crippen molar-refractivity contribution < 1.29 is 33.6 Å². The van der Waals surface area contributed by atoms with Crippen LogP contribution in [0.3, 0.4) is 0 Å². The molecule has 3 aromatic carbocycles. The minimum atomic E-state index is -2.58. The number of carbonyl (C=O) groups is 4. The topological polar surface area (TPSA) is 220 Å². The number of nitrogens with zero attached hydrogens (tertiary/aromatic N) is 5. The summed E-state index contributed by atoms with van der Waals surface area (Å²) < 4.78 is 18.7. The molecule has 3 atom stereocenters. The van der Waals surface area contributed by atoms with Gasteiger partial charge in [0.25, 0.3) is 0 Å². The fourth-order valence-electron chi connectivity index (χ4n) is 9.31. The molecule has 20 heteroatoms. The average Bonchev–Trinajstić information content (AvgIpc) is 3.99. The zero-order chi connectivity index (χ0) is 53.2. The summed E-state index contributed by atoms with van der Waals surface area (Å²) in [7, 11) is -0.972. The highest BCUT2D eigenvalue weighted by atomic mass is 35.5. The molecule has 17 nitrogen and oxygen atoms in total. The lowest BCUT2D eigenvalue weighted by Gasteiger charge is -2.35. The van der Waals surface area contributed by atoms with Crippen molar-refractivity contribution in [2.75, 3.05) is 55.6 Å². The maximum atomic E-state index is 14.1. The number of hydrogen-bond acceptors (Lipinski definition) is 14. The van der Waals surface area contributed by atoms with E-state index < -0.39 is 36.7 Å². The first-order chi connectivity index (χ1) is 35.3. The number of thiazole rings is 1. The number of aliphatic hydroxyl groups is 1. The van der Waals surface area contributed by atoms with Crippen LogP contribution in [0, 0.1) is 12.3 Å². The molecule has 5 aromatic rings. The molecule has 2 saturated heterocycles. The smallest absolute Gasteiger partial charge is 0.246 e. The molecule has 7 rings (SSSR count). The highest BCUT2D eigenvalue weighted by Gasteiger charge is 2.44. The normalized spacial score (nSPS) is 16.6. The molecular formula is C54H70ClN10O7PS. The fourth-order valence-corrected chi connectivity index (χ4v) is 11.4. The van der Waals surface area contributed by atoms with Crippen LogP contribution in [0.5, 0.6) is 5.75 Å². The highest BCUT2D eigenvalue weighted by Crippen LogP contribution is 2.39. The number of aryl methyl sites for hydroxylation is 1. The van der Waals surface area contributed by atoms with Gasteiger partial charge in [-0.25, -0.2) is 9.97 Å². The zero-order valence-corrected chi connectivity index (χ0v) is 45.8. The number of hydrogen-bond donors (Lipinski definition) is 6. The molecule has 0 spiro atoms. The maximum Gasteiger partial charge on any atom is 0.246 e. The third-order valence-corrected chi connectivity index (χ3v) is 16.2. The Labute approximate surface area is 443 Å². The predicted octanol–water partition coefficient (Wildman–Crippen LogP) is 8.54. The second kappa shape index (κ2) is 25.0. The predicted molar refractivity (Wildman–Crippen MR) is 295 cm³/mol. The van der Waals surface area contributed by atoms with E-state index in [2.05, 4.69) is 46.4 Å². The van der Waals surface area contributed by atoms with Gasteiger partial charge in [-0.3, -0.25) is 19.2 Å².